The third-order valence-electron chi connectivity index (χ3n) is 3.08. The molecule has 2 rings (SSSR count). The fourth-order valence-electron chi connectivity index (χ4n) is 1.99. The zero-order chi connectivity index (χ0) is 13.7. The topological polar surface area (TPSA) is 40.9 Å². The lowest BCUT2D eigenvalue weighted by Crippen LogP contribution is -2.13. The molecular formula is C17H15NO. The van der Waals surface area contributed by atoms with Crippen LogP contribution in [0.15, 0.2) is 54.6 Å². The van der Waals surface area contributed by atoms with Crippen LogP contribution >= 0.6 is 0 Å². The van der Waals surface area contributed by atoms with Gasteiger partial charge in [0.05, 0.1) is 6.07 Å². The van der Waals surface area contributed by atoms with Gasteiger partial charge in [0.2, 0.25) is 0 Å². The van der Waals surface area contributed by atoms with E-state index in [2.05, 4.69) is 6.07 Å². The number of ketones is 1. The number of benzene rings is 2. The van der Waals surface area contributed by atoms with Gasteiger partial charge >= 0.3 is 0 Å². The summed E-state index contributed by atoms with van der Waals surface area (Å²) in [5, 5.41) is 9.23. The summed E-state index contributed by atoms with van der Waals surface area (Å²) in [4.78, 5) is 12.2. The average molecular weight is 249 g/mol. The van der Waals surface area contributed by atoms with Gasteiger partial charge < -0.3 is 0 Å². The molecule has 2 aromatic rings. The van der Waals surface area contributed by atoms with Gasteiger partial charge in [0, 0.05) is 6.42 Å². The second-order valence-corrected chi connectivity index (χ2v) is 4.60. The van der Waals surface area contributed by atoms with Gasteiger partial charge in [-0.15, -0.1) is 0 Å². The van der Waals surface area contributed by atoms with Crippen LogP contribution in [0.4, 0.5) is 0 Å². The van der Waals surface area contributed by atoms with E-state index < -0.39 is 5.92 Å². The van der Waals surface area contributed by atoms with E-state index in [9.17, 15) is 10.1 Å². The molecule has 0 N–H and O–H groups in total. The molecule has 94 valence electrons. The van der Waals surface area contributed by atoms with Crippen molar-refractivity contribution in [1.29, 1.82) is 5.26 Å². The highest BCUT2D eigenvalue weighted by molar-refractivity contribution is 5.90. The fraction of sp³-hybridized carbons (Fsp3) is 0.176. The summed E-state index contributed by atoms with van der Waals surface area (Å²) in [6.07, 6.45) is 0.299. The minimum absolute atomic E-state index is 0.0578. The van der Waals surface area contributed by atoms with Gasteiger partial charge in [-0.05, 0) is 18.1 Å². The summed E-state index contributed by atoms with van der Waals surface area (Å²) in [7, 11) is 0. The largest absolute Gasteiger partial charge is 0.297 e. The summed E-state index contributed by atoms with van der Waals surface area (Å²) >= 11 is 0. The van der Waals surface area contributed by atoms with E-state index in [1.807, 2.05) is 61.5 Å². The van der Waals surface area contributed by atoms with Gasteiger partial charge in [-0.3, -0.25) is 4.79 Å². The third-order valence-corrected chi connectivity index (χ3v) is 3.08. The molecule has 0 aromatic heterocycles. The van der Waals surface area contributed by atoms with Gasteiger partial charge in [-0.25, -0.2) is 0 Å². The van der Waals surface area contributed by atoms with Crippen molar-refractivity contribution in [2.24, 2.45) is 0 Å². The number of nitrogens with zero attached hydrogens (tertiary/aromatic N) is 1. The Morgan fingerprint density at radius 2 is 1.74 bits per heavy atom. The molecule has 0 unspecified atom stereocenters. The molecule has 0 aliphatic carbocycles. The first kappa shape index (κ1) is 13.0. The Labute approximate surface area is 113 Å². The Morgan fingerprint density at radius 3 is 2.32 bits per heavy atom. The smallest absolute Gasteiger partial charge is 0.158 e. The van der Waals surface area contributed by atoms with Gasteiger partial charge in [-0.1, -0.05) is 60.2 Å². The molecule has 0 spiro atoms. The highest BCUT2D eigenvalue weighted by Crippen LogP contribution is 2.19. The molecule has 0 radical (unpaired) electrons. The standard InChI is InChI=1S/C17H15NO/c1-13-7-9-15(10-8-13)16(12-18)17(19)11-14-5-3-2-4-6-14/h2-10,16H,11H2,1H3/t16-/m0/s1. The lowest BCUT2D eigenvalue weighted by Gasteiger charge is -2.09. The fourth-order valence-corrected chi connectivity index (χ4v) is 1.99. The quantitative estimate of drug-likeness (QED) is 0.833. The van der Waals surface area contributed by atoms with E-state index in [0.717, 1.165) is 16.7 Å². The van der Waals surface area contributed by atoms with Crippen LogP contribution in [0.3, 0.4) is 0 Å². The van der Waals surface area contributed by atoms with Crippen molar-refractivity contribution in [3.05, 3.63) is 71.3 Å². The molecule has 0 aliphatic heterocycles. The van der Waals surface area contributed by atoms with E-state index >= 15 is 0 Å². The highest BCUT2D eigenvalue weighted by atomic mass is 16.1. The maximum Gasteiger partial charge on any atom is 0.158 e. The molecule has 2 nitrogen and oxygen atoms in total. The number of nitriles is 1. The lowest BCUT2D eigenvalue weighted by atomic mass is 9.92. The van der Waals surface area contributed by atoms with E-state index in [4.69, 9.17) is 0 Å². The second kappa shape index (κ2) is 5.97. The number of carbonyl (C=O) groups excluding carboxylic acids is 1. The molecule has 0 heterocycles. The summed E-state index contributed by atoms with van der Waals surface area (Å²) < 4.78 is 0. The zero-order valence-electron chi connectivity index (χ0n) is 10.8. The summed E-state index contributed by atoms with van der Waals surface area (Å²) in [5.74, 6) is -0.738. The van der Waals surface area contributed by atoms with Crippen molar-refractivity contribution in [3.8, 4) is 6.07 Å². The Bertz CT molecular complexity index is 593. The highest BCUT2D eigenvalue weighted by Gasteiger charge is 2.19. The number of hydrogen-bond donors (Lipinski definition) is 0. The minimum Gasteiger partial charge on any atom is -0.297 e. The van der Waals surface area contributed by atoms with Gasteiger partial charge in [-0.2, -0.15) is 5.26 Å². The first-order chi connectivity index (χ1) is 9.20. The molecular weight excluding hydrogens is 234 g/mol. The van der Waals surface area contributed by atoms with Crippen molar-refractivity contribution in [3.63, 3.8) is 0 Å². The van der Waals surface area contributed by atoms with E-state index in [0.29, 0.717) is 6.42 Å². The van der Waals surface area contributed by atoms with E-state index in [1.54, 1.807) is 0 Å². The van der Waals surface area contributed by atoms with Crippen LogP contribution < -0.4 is 0 Å². The van der Waals surface area contributed by atoms with Crippen LogP contribution in [0, 0.1) is 18.3 Å². The Morgan fingerprint density at radius 1 is 1.11 bits per heavy atom. The molecule has 19 heavy (non-hydrogen) atoms. The maximum absolute atomic E-state index is 12.2. The van der Waals surface area contributed by atoms with Crippen LogP contribution in [-0.2, 0) is 11.2 Å². The van der Waals surface area contributed by atoms with E-state index in [-0.39, 0.29) is 5.78 Å². The minimum atomic E-state index is -0.680. The van der Waals surface area contributed by atoms with Gasteiger partial charge in [0.1, 0.15) is 5.92 Å². The number of Topliss-reactive ketones (excluding diaryl/α,β-unsaturated/α-hetero) is 1. The number of rotatable bonds is 4. The Balaban J connectivity index is 2.16. The molecule has 0 saturated carbocycles. The first-order valence-corrected chi connectivity index (χ1v) is 6.23. The molecule has 1 atom stereocenters. The van der Waals surface area contributed by atoms with Gasteiger partial charge in [0.15, 0.2) is 5.78 Å². The van der Waals surface area contributed by atoms with Crippen LogP contribution in [0.2, 0.25) is 0 Å². The van der Waals surface area contributed by atoms with Crippen LogP contribution in [0.5, 0.6) is 0 Å². The summed E-state index contributed by atoms with van der Waals surface area (Å²) in [6.45, 7) is 1.98. The van der Waals surface area contributed by atoms with Crippen LogP contribution in [0.25, 0.3) is 0 Å². The molecule has 0 fully saturated rings. The van der Waals surface area contributed by atoms with Crippen molar-refractivity contribution >= 4 is 5.78 Å². The molecule has 2 aromatic carbocycles. The molecule has 0 aliphatic rings. The second-order valence-electron chi connectivity index (χ2n) is 4.60. The predicted molar refractivity (Wildman–Crippen MR) is 74.7 cm³/mol. The summed E-state index contributed by atoms with van der Waals surface area (Å²) in [5.41, 5.74) is 2.84. The van der Waals surface area contributed by atoms with Crippen molar-refractivity contribution in [1.82, 2.24) is 0 Å². The average Bonchev–Trinajstić information content (AvgIpc) is 2.43. The first-order valence-electron chi connectivity index (χ1n) is 6.23. The molecule has 0 amide bonds. The predicted octanol–water partition coefficient (Wildman–Crippen LogP) is 3.41. The Hall–Kier alpha value is -2.40. The monoisotopic (exact) mass is 249 g/mol. The zero-order valence-corrected chi connectivity index (χ0v) is 10.8. The maximum atomic E-state index is 12.2. The summed E-state index contributed by atoms with van der Waals surface area (Å²) in [6, 6.07) is 19.2. The molecule has 0 bridgehead atoms. The molecule has 0 saturated heterocycles. The van der Waals surface area contributed by atoms with Gasteiger partial charge in [0.25, 0.3) is 0 Å². The van der Waals surface area contributed by atoms with Crippen LogP contribution in [-0.4, -0.2) is 5.78 Å². The van der Waals surface area contributed by atoms with E-state index in [1.165, 1.54) is 0 Å². The normalized spacial score (nSPS) is 11.6. The van der Waals surface area contributed by atoms with Crippen molar-refractivity contribution < 1.29 is 4.79 Å². The lowest BCUT2D eigenvalue weighted by molar-refractivity contribution is -0.118. The van der Waals surface area contributed by atoms with Crippen LogP contribution in [0.1, 0.15) is 22.6 Å². The third kappa shape index (κ3) is 3.29. The van der Waals surface area contributed by atoms with Crippen molar-refractivity contribution in [2.75, 3.05) is 0 Å². The SMILES string of the molecule is Cc1ccc([C@H](C#N)C(=O)Cc2ccccc2)cc1. The van der Waals surface area contributed by atoms with Crippen molar-refractivity contribution in [2.45, 2.75) is 19.3 Å². The number of hydrogen-bond acceptors (Lipinski definition) is 2. The number of carbonyl (C=O) groups is 1. The number of aryl methyl sites for hydroxylation is 1. The molecule has 2 heteroatoms. The Kier molecular flexibility index (Phi) is 4.10.